The molecule has 0 aromatic carbocycles. The summed E-state index contributed by atoms with van der Waals surface area (Å²) in [5, 5.41) is 0. The number of hydrogen-bond acceptors (Lipinski definition) is 1. The van der Waals surface area contributed by atoms with Crippen molar-refractivity contribution in [3.63, 3.8) is 0 Å². The first-order chi connectivity index (χ1) is 4.91. The quantitative estimate of drug-likeness (QED) is 0.510. The predicted octanol–water partition coefficient (Wildman–Crippen LogP) is 3.17. The molecule has 0 spiro atoms. The smallest absolute Gasteiger partial charge is 0.187 e. The third-order valence-electron chi connectivity index (χ3n) is 2.36. The third-order valence-corrected chi connectivity index (χ3v) is 5.02. The Morgan fingerprint density at radius 2 is 1.82 bits per heavy atom. The van der Waals surface area contributed by atoms with Crippen LogP contribution in [-0.2, 0) is 4.43 Å². The molecule has 1 aliphatic heterocycles. The van der Waals surface area contributed by atoms with Gasteiger partial charge in [-0.1, -0.05) is 12.8 Å². The fourth-order valence-electron chi connectivity index (χ4n) is 1.95. The second-order valence-corrected chi connectivity index (χ2v) is 9.05. The van der Waals surface area contributed by atoms with E-state index in [-0.39, 0.29) is 5.60 Å². The molecule has 1 heterocycles. The molecule has 1 fully saturated rings. The highest BCUT2D eigenvalue weighted by Gasteiger charge is 2.33. The molecule has 1 nitrogen and oxygen atoms in total. The first-order valence-electron chi connectivity index (χ1n) is 4.62. The molecule has 11 heavy (non-hydrogen) atoms. The molecule has 0 unspecified atom stereocenters. The van der Waals surface area contributed by atoms with Crippen molar-refractivity contribution in [2.45, 2.75) is 57.8 Å². The van der Waals surface area contributed by atoms with Crippen LogP contribution in [0.3, 0.4) is 0 Å². The average Bonchev–Trinajstić information content (AvgIpc) is 1.86. The molecular formula is C9H20OSi. The molecule has 0 atom stereocenters. The number of hydrogen-bond donors (Lipinski definition) is 0. The van der Waals surface area contributed by atoms with Crippen molar-refractivity contribution < 1.29 is 4.43 Å². The molecular weight excluding hydrogens is 152 g/mol. The van der Waals surface area contributed by atoms with E-state index in [9.17, 15) is 0 Å². The van der Waals surface area contributed by atoms with E-state index < -0.39 is 8.32 Å². The molecule has 2 heteroatoms. The maximum atomic E-state index is 6.12. The number of rotatable bonds is 0. The first kappa shape index (κ1) is 9.27. The highest BCUT2D eigenvalue weighted by molar-refractivity contribution is 6.71. The summed E-state index contributed by atoms with van der Waals surface area (Å²) >= 11 is 0. The van der Waals surface area contributed by atoms with Crippen LogP contribution in [0.1, 0.15) is 33.1 Å². The lowest BCUT2D eigenvalue weighted by molar-refractivity contribution is 0.0951. The summed E-state index contributed by atoms with van der Waals surface area (Å²) < 4.78 is 6.12. The summed E-state index contributed by atoms with van der Waals surface area (Å²) in [5.41, 5.74) is 0.159. The van der Waals surface area contributed by atoms with Gasteiger partial charge in [0.2, 0.25) is 0 Å². The lowest BCUT2D eigenvalue weighted by Gasteiger charge is -2.32. The third kappa shape index (κ3) is 2.95. The van der Waals surface area contributed by atoms with Crippen molar-refractivity contribution in [3.05, 3.63) is 0 Å². The van der Waals surface area contributed by atoms with Gasteiger partial charge >= 0.3 is 0 Å². The molecule has 0 saturated carbocycles. The predicted molar refractivity (Wildman–Crippen MR) is 51.3 cm³/mol. The lowest BCUT2D eigenvalue weighted by Crippen LogP contribution is -2.38. The minimum atomic E-state index is -1.28. The van der Waals surface area contributed by atoms with E-state index in [0.717, 1.165) is 0 Å². The molecule has 0 aromatic heterocycles. The van der Waals surface area contributed by atoms with E-state index in [1.807, 2.05) is 0 Å². The summed E-state index contributed by atoms with van der Waals surface area (Å²) in [4.78, 5) is 0. The first-order valence-corrected chi connectivity index (χ1v) is 7.73. The van der Waals surface area contributed by atoms with E-state index in [0.29, 0.717) is 0 Å². The zero-order valence-electron chi connectivity index (χ0n) is 8.24. The van der Waals surface area contributed by atoms with E-state index in [1.165, 1.54) is 25.3 Å². The Morgan fingerprint density at radius 1 is 1.18 bits per heavy atom. The fourth-order valence-corrected chi connectivity index (χ4v) is 4.75. The molecule has 0 amide bonds. The maximum absolute atomic E-state index is 6.12. The molecule has 1 aliphatic rings. The summed E-state index contributed by atoms with van der Waals surface area (Å²) in [5.74, 6) is 0. The van der Waals surface area contributed by atoms with Gasteiger partial charge in [-0.3, -0.25) is 0 Å². The largest absolute Gasteiger partial charge is 0.412 e. The Bertz CT molecular complexity index is 124. The summed E-state index contributed by atoms with van der Waals surface area (Å²) in [7, 11) is -1.28. The summed E-state index contributed by atoms with van der Waals surface area (Å²) in [6, 6.07) is 1.34. The zero-order valence-corrected chi connectivity index (χ0v) is 9.24. The molecule has 0 aliphatic carbocycles. The maximum Gasteiger partial charge on any atom is 0.187 e. The van der Waals surface area contributed by atoms with Crippen molar-refractivity contribution >= 4 is 8.32 Å². The van der Waals surface area contributed by atoms with Crippen LogP contribution >= 0.6 is 0 Å². The highest BCUT2D eigenvalue weighted by atomic mass is 28.4. The van der Waals surface area contributed by atoms with Crippen LogP contribution in [0.4, 0.5) is 0 Å². The minimum Gasteiger partial charge on any atom is -0.412 e. The van der Waals surface area contributed by atoms with Gasteiger partial charge in [-0.15, -0.1) is 0 Å². The van der Waals surface area contributed by atoms with Crippen LogP contribution in [0.15, 0.2) is 0 Å². The molecule has 66 valence electrons. The monoisotopic (exact) mass is 172 g/mol. The summed E-state index contributed by atoms with van der Waals surface area (Å²) in [6.07, 6.45) is 3.97. The Labute approximate surface area is 71.3 Å². The van der Waals surface area contributed by atoms with Gasteiger partial charge < -0.3 is 4.43 Å². The van der Waals surface area contributed by atoms with Gasteiger partial charge in [0.1, 0.15) is 0 Å². The SMILES string of the molecule is CC1(C)CCCC[Si](C)(C)O1. The lowest BCUT2D eigenvalue weighted by atomic mass is 10.0. The highest BCUT2D eigenvalue weighted by Crippen LogP contribution is 2.31. The van der Waals surface area contributed by atoms with Crippen molar-refractivity contribution in [2.24, 2.45) is 0 Å². The van der Waals surface area contributed by atoms with E-state index in [2.05, 4.69) is 26.9 Å². The van der Waals surface area contributed by atoms with Gasteiger partial charge in [-0.2, -0.15) is 0 Å². The van der Waals surface area contributed by atoms with E-state index in [4.69, 9.17) is 4.43 Å². The second-order valence-electron chi connectivity index (χ2n) is 4.83. The Morgan fingerprint density at radius 3 is 2.45 bits per heavy atom. The normalized spacial score (nSPS) is 29.5. The van der Waals surface area contributed by atoms with Crippen LogP contribution < -0.4 is 0 Å². The van der Waals surface area contributed by atoms with Crippen LogP contribution in [0, 0.1) is 0 Å². The molecule has 0 bridgehead atoms. The Balaban J connectivity index is 2.62. The van der Waals surface area contributed by atoms with Crippen molar-refractivity contribution in [3.8, 4) is 0 Å². The van der Waals surface area contributed by atoms with Crippen LogP contribution in [0.25, 0.3) is 0 Å². The molecule has 1 saturated heterocycles. The minimum absolute atomic E-state index is 0.159. The van der Waals surface area contributed by atoms with E-state index in [1.54, 1.807) is 0 Å². The van der Waals surface area contributed by atoms with Crippen LogP contribution in [0.2, 0.25) is 19.1 Å². The van der Waals surface area contributed by atoms with Gasteiger partial charge in [0.25, 0.3) is 0 Å². The average molecular weight is 172 g/mol. The Hall–Kier alpha value is 0.177. The topological polar surface area (TPSA) is 9.23 Å². The van der Waals surface area contributed by atoms with Gasteiger partial charge in [0, 0.05) is 0 Å². The van der Waals surface area contributed by atoms with Gasteiger partial charge in [0.15, 0.2) is 8.32 Å². The van der Waals surface area contributed by atoms with Gasteiger partial charge in [-0.25, -0.2) is 0 Å². The molecule has 0 radical (unpaired) electrons. The zero-order chi connectivity index (χ0) is 8.54. The van der Waals surface area contributed by atoms with Crippen molar-refractivity contribution in [1.82, 2.24) is 0 Å². The van der Waals surface area contributed by atoms with Gasteiger partial charge in [0.05, 0.1) is 5.60 Å². The molecule has 0 N–H and O–H groups in total. The summed E-state index contributed by atoms with van der Waals surface area (Å²) in [6.45, 7) is 9.13. The standard InChI is InChI=1S/C9H20OSi/c1-9(2)7-5-6-8-11(3,4)10-9/h5-8H2,1-4H3. The van der Waals surface area contributed by atoms with Gasteiger partial charge in [-0.05, 0) is 39.4 Å². The van der Waals surface area contributed by atoms with Crippen molar-refractivity contribution in [2.75, 3.05) is 0 Å². The van der Waals surface area contributed by atoms with Crippen LogP contribution in [0.5, 0.6) is 0 Å². The molecule has 1 rings (SSSR count). The van der Waals surface area contributed by atoms with Crippen LogP contribution in [-0.4, -0.2) is 13.9 Å². The Kier molecular flexibility index (Phi) is 2.45. The fraction of sp³-hybridized carbons (Fsp3) is 1.00. The van der Waals surface area contributed by atoms with E-state index >= 15 is 0 Å². The molecule has 0 aromatic rings. The van der Waals surface area contributed by atoms with Crippen molar-refractivity contribution in [1.29, 1.82) is 0 Å². The second kappa shape index (κ2) is 2.90.